The van der Waals surface area contributed by atoms with E-state index in [1.54, 1.807) is 11.3 Å². The average Bonchev–Trinajstić information content (AvgIpc) is 2.89. The Morgan fingerprint density at radius 3 is 2.68 bits per heavy atom. The Labute approximate surface area is 116 Å². The number of benzene rings is 1. The Hall–Kier alpha value is -1.75. The maximum Gasteiger partial charge on any atom is 0.158 e. The summed E-state index contributed by atoms with van der Waals surface area (Å²) in [5.74, 6) is 1.72. The van der Waals surface area contributed by atoms with Gasteiger partial charge in [0.05, 0.1) is 15.2 Å². The van der Waals surface area contributed by atoms with E-state index in [9.17, 15) is 0 Å². The van der Waals surface area contributed by atoms with E-state index in [0.29, 0.717) is 6.04 Å². The normalized spacial score (nSPS) is 11.6. The van der Waals surface area contributed by atoms with Gasteiger partial charge in [0.15, 0.2) is 5.82 Å². The number of hydrogen-bond acceptors (Lipinski definition) is 4. The van der Waals surface area contributed by atoms with Crippen LogP contribution >= 0.6 is 11.3 Å². The largest absolute Gasteiger partial charge is 0.243 e. The van der Waals surface area contributed by atoms with Crippen LogP contribution in [0.4, 0.5) is 0 Å². The average molecular weight is 272 g/mol. The molecule has 5 heteroatoms. The molecule has 0 N–H and O–H groups in total. The van der Waals surface area contributed by atoms with Crippen molar-refractivity contribution in [3.63, 3.8) is 0 Å². The number of aryl methyl sites for hydroxylation is 2. The van der Waals surface area contributed by atoms with Crippen LogP contribution in [0.2, 0.25) is 0 Å². The summed E-state index contributed by atoms with van der Waals surface area (Å²) in [6, 6.07) is 6.61. The van der Waals surface area contributed by atoms with Crippen molar-refractivity contribution in [1.82, 2.24) is 19.7 Å². The highest BCUT2D eigenvalue weighted by Gasteiger charge is 2.13. The lowest BCUT2D eigenvalue weighted by molar-refractivity contribution is 0.534. The molecule has 2 heterocycles. The number of hydrogen-bond donors (Lipinski definition) is 0. The zero-order valence-electron chi connectivity index (χ0n) is 11.5. The summed E-state index contributed by atoms with van der Waals surface area (Å²) in [5.41, 5.74) is 2.11. The number of rotatable bonds is 2. The minimum atomic E-state index is 0.295. The molecule has 0 spiro atoms. The maximum absolute atomic E-state index is 4.54. The standard InChI is InChI=1S/C14H16N4S/c1-8(2)18-14(15-9(3)17-18)11-5-6-13-12(7-11)16-10(4)19-13/h5-8H,1-4H3. The van der Waals surface area contributed by atoms with E-state index in [2.05, 4.69) is 47.1 Å². The van der Waals surface area contributed by atoms with E-state index in [1.165, 1.54) is 4.70 Å². The number of aromatic nitrogens is 4. The molecule has 3 rings (SSSR count). The zero-order chi connectivity index (χ0) is 13.6. The smallest absolute Gasteiger partial charge is 0.158 e. The van der Waals surface area contributed by atoms with Gasteiger partial charge in [-0.05, 0) is 45.9 Å². The SMILES string of the molecule is Cc1nc(-c2ccc3sc(C)nc3c2)n(C(C)C)n1. The van der Waals surface area contributed by atoms with E-state index in [-0.39, 0.29) is 0 Å². The van der Waals surface area contributed by atoms with Crippen LogP contribution in [0.25, 0.3) is 21.6 Å². The van der Waals surface area contributed by atoms with Gasteiger partial charge in [0, 0.05) is 11.6 Å². The molecule has 0 aliphatic rings. The van der Waals surface area contributed by atoms with Crippen LogP contribution in [0.5, 0.6) is 0 Å². The topological polar surface area (TPSA) is 43.6 Å². The molecule has 98 valence electrons. The van der Waals surface area contributed by atoms with E-state index < -0.39 is 0 Å². The Morgan fingerprint density at radius 1 is 1.16 bits per heavy atom. The van der Waals surface area contributed by atoms with E-state index in [0.717, 1.165) is 27.7 Å². The van der Waals surface area contributed by atoms with Crippen molar-refractivity contribution >= 4 is 21.6 Å². The lowest BCUT2D eigenvalue weighted by atomic mass is 10.2. The third-order valence-corrected chi connectivity index (χ3v) is 3.93. The molecule has 3 aromatic rings. The molecule has 0 aliphatic carbocycles. The van der Waals surface area contributed by atoms with Crippen LogP contribution in [0.15, 0.2) is 18.2 Å². The van der Waals surface area contributed by atoms with Crippen molar-refractivity contribution in [2.45, 2.75) is 33.7 Å². The van der Waals surface area contributed by atoms with E-state index in [4.69, 9.17) is 0 Å². The first-order chi connectivity index (χ1) is 9.04. The summed E-state index contributed by atoms with van der Waals surface area (Å²) >= 11 is 1.72. The molecule has 0 amide bonds. The minimum absolute atomic E-state index is 0.295. The molecule has 0 aliphatic heterocycles. The molecule has 0 radical (unpaired) electrons. The first kappa shape index (κ1) is 12.3. The van der Waals surface area contributed by atoms with Gasteiger partial charge in [-0.3, -0.25) is 0 Å². The van der Waals surface area contributed by atoms with Crippen LogP contribution in [0.1, 0.15) is 30.7 Å². The first-order valence-electron chi connectivity index (χ1n) is 6.35. The van der Waals surface area contributed by atoms with E-state index in [1.807, 2.05) is 18.5 Å². The summed E-state index contributed by atoms with van der Waals surface area (Å²) in [6.45, 7) is 8.19. The van der Waals surface area contributed by atoms with Crippen LogP contribution in [0, 0.1) is 13.8 Å². The number of nitrogens with zero attached hydrogens (tertiary/aromatic N) is 4. The molecule has 0 saturated heterocycles. The van der Waals surface area contributed by atoms with Gasteiger partial charge in [-0.1, -0.05) is 0 Å². The van der Waals surface area contributed by atoms with Gasteiger partial charge in [0.1, 0.15) is 5.82 Å². The highest BCUT2D eigenvalue weighted by Crippen LogP contribution is 2.27. The molecule has 0 saturated carbocycles. The molecule has 2 aromatic heterocycles. The van der Waals surface area contributed by atoms with Crippen LogP contribution < -0.4 is 0 Å². The predicted molar refractivity (Wildman–Crippen MR) is 78.5 cm³/mol. The van der Waals surface area contributed by atoms with Gasteiger partial charge in [0.25, 0.3) is 0 Å². The summed E-state index contributed by atoms with van der Waals surface area (Å²) in [4.78, 5) is 9.08. The summed E-state index contributed by atoms with van der Waals surface area (Å²) in [6.07, 6.45) is 0. The van der Waals surface area contributed by atoms with Gasteiger partial charge in [0.2, 0.25) is 0 Å². The molecule has 1 aromatic carbocycles. The van der Waals surface area contributed by atoms with Gasteiger partial charge < -0.3 is 0 Å². The van der Waals surface area contributed by atoms with Crippen molar-refractivity contribution < 1.29 is 0 Å². The quantitative estimate of drug-likeness (QED) is 0.713. The highest BCUT2D eigenvalue weighted by atomic mass is 32.1. The predicted octanol–water partition coefficient (Wildman–Crippen LogP) is 3.75. The second-order valence-corrected chi connectivity index (χ2v) is 6.17. The molecular formula is C14H16N4S. The summed E-state index contributed by atoms with van der Waals surface area (Å²) < 4.78 is 3.18. The third-order valence-electron chi connectivity index (χ3n) is 2.98. The fourth-order valence-corrected chi connectivity index (χ4v) is 2.98. The highest BCUT2D eigenvalue weighted by molar-refractivity contribution is 7.18. The molecule has 0 unspecified atom stereocenters. The fraction of sp³-hybridized carbons (Fsp3) is 0.357. The molecule has 0 atom stereocenters. The van der Waals surface area contributed by atoms with Crippen molar-refractivity contribution in [3.05, 3.63) is 29.0 Å². The van der Waals surface area contributed by atoms with Crippen LogP contribution in [-0.2, 0) is 0 Å². The lowest BCUT2D eigenvalue weighted by Crippen LogP contribution is -2.05. The van der Waals surface area contributed by atoms with Gasteiger partial charge in [-0.15, -0.1) is 11.3 Å². The zero-order valence-corrected chi connectivity index (χ0v) is 12.3. The van der Waals surface area contributed by atoms with Gasteiger partial charge in [-0.25, -0.2) is 14.6 Å². The maximum atomic E-state index is 4.54. The Balaban J connectivity index is 2.18. The summed E-state index contributed by atoms with van der Waals surface area (Å²) in [7, 11) is 0. The van der Waals surface area contributed by atoms with Crippen molar-refractivity contribution in [2.75, 3.05) is 0 Å². The minimum Gasteiger partial charge on any atom is -0.243 e. The number of thiazole rings is 1. The summed E-state index contributed by atoms with van der Waals surface area (Å²) in [5, 5.41) is 5.55. The second kappa shape index (κ2) is 4.42. The molecule has 19 heavy (non-hydrogen) atoms. The fourth-order valence-electron chi connectivity index (χ4n) is 2.17. The Morgan fingerprint density at radius 2 is 1.95 bits per heavy atom. The third kappa shape index (κ3) is 2.14. The molecule has 0 fully saturated rings. The molecular weight excluding hydrogens is 256 g/mol. The molecule has 0 bridgehead atoms. The Kier molecular flexibility index (Phi) is 2.86. The second-order valence-electron chi connectivity index (χ2n) is 4.94. The lowest BCUT2D eigenvalue weighted by Gasteiger charge is -2.09. The van der Waals surface area contributed by atoms with Crippen molar-refractivity contribution in [1.29, 1.82) is 0 Å². The van der Waals surface area contributed by atoms with Gasteiger partial charge >= 0.3 is 0 Å². The monoisotopic (exact) mass is 272 g/mol. The van der Waals surface area contributed by atoms with E-state index >= 15 is 0 Å². The van der Waals surface area contributed by atoms with Crippen LogP contribution in [0.3, 0.4) is 0 Å². The molecule has 4 nitrogen and oxygen atoms in total. The number of fused-ring (bicyclic) bond motifs is 1. The van der Waals surface area contributed by atoms with Crippen molar-refractivity contribution in [2.24, 2.45) is 0 Å². The van der Waals surface area contributed by atoms with Gasteiger partial charge in [-0.2, -0.15) is 5.10 Å². The Bertz CT molecular complexity index is 739. The van der Waals surface area contributed by atoms with Crippen molar-refractivity contribution in [3.8, 4) is 11.4 Å². The van der Waals surface area contributed by atoms with Crippen LogP contribution in [-0.4, -0.2) is 19.7 Å². The first-order valence-corrected chi connectivity index (χ1v) is 7.17.